The molecule has 262 valence electrons. The van der Waals surface area contributed by atoms with E-state index in [1.807, 2.05) is 0 Å². The molecule has 7 nitrogen and oxygen atoms in total. The van der Waals surface area contributed by atoms with Crippen molar-refractivity contribution in [3.8, 4) is 6.19 Å². The van der Waals surface area contributed by atoms with E-state index >= 15 is 0 Å². The van der Waals surface area contributed by atoms with Gasteiger partial charge in [0.1, 0.15) is 9.79 Å². The Morgan fingerprint density at radius 1 is 0.462 bits per heavy atom. The zero-order valence-electron chi connectivity index (χ0n) is 24.7. The van der Waals surface area contributed by atoms with Gasteiger partial charge in [0.2, 0.25) is 37.5 Å². The van der Waals surface area contributed by atoms with Crippen LogP contribution in [0.2, 0.25) is 0 Å². The Morgan fingerprint density at radius 2 is 0.808 bits per heavy atom. The van der Waals surface area contributed by atoms with Gasteiger partial charge in [-0.2, -0.15) is 10.3 Å². The Kier molecular flexibility index (Phi) is 7.52. The standard InChI is InChI=1S/C33H8F10N2O5S2/c34-20-22(36)26(40)32(27(41)23(20)37)51(47,48)10-1-3-12-14-5-6-15-13-4-2-11(52(49,50)33-28(42)24(38)21(35)25(39)29(33)43)8-17(13)31(46)19(15)18(14)30(45-9-44)16(12)7-10/h1-8H/b45-30+. The van der Waals surface area contributed by atoms with Crippen LogP contribution in [0.25, 0.3) is 43.1 Å². The summed E-state index contributed by atoms with van der Waals surface area (Å²) in [5.74, 6) is -26.0. The summed E-state index contributed by atoms with van der Waals surface area (Å²) < 4.78 is 194. The quantitative estimate of drug-likeness (QED) is 0.0628. The predicted octanol–water partition coefficient (Wildman–Crippen LogP) is 6.97. The maximum absolute atomic E-state index is 14.6. The van der Waals surface area contributed by atoms with Crippen LogP contribution >= 0.6 is 0 Å². The minimum atomic E-state index is -5.52. The molecule has 0 fully saturated rings. The molecule has 0 atom stereocenters. The SMILES string of the molecule is N#C/N=c1\c2cc(S(=O)(=O)c3c(F)c(F)c(F)c(F)c3F)ccc2c2ccc3c4ccc(S(=O)(=O)c5c(F)c(F)c(F)c(F)c5F)cc4c(=O)c3c12. The zero-order chi connectivity index (χ0) is 37.9. The minimum Gasteiger partial charge on any atom is -0.289 e. The van der Waals surface area contributed by atoms with E-state index < -0.39 is 114 Å². The summed E-state index contributed by atoms with van der Waals surface area (Å²) in [6.45, 7) is 0. The molecule has 0 bridgehead atoms. The highest BCUT2D eigenvalue weighted by Crippen LogP contribution is 2.38. The lowest BCUT2D eigenvalue weighted by atomic mass is 10.1. The predicted molar refractivity (Wildman–Crippen MR) is 160 cm³/mol. The largest absolute Gasteiger partial charge is 0.289 e. The molecule has 0 unspecified atom stereocenters. The number of rotatable bonds is 4. The zero-order valence-corrected chi connectivity index (χ0v) is 26.3. The van der Waals surface area contributed by atoms with Crippen LogP contribution in [0.5, 0.6) is 0 Å². The van der Waals surface area contributed by atoms with Crippen molar-refractivity contribution < 1.29 is 60.7 Å². The van der Waals surface area contributed by atoms with Gasteiger partial charge in [-0.15, -0.1) is 0 Å². The van der Waals surface area contributed by atoms with Gasteiger partial charge in [0.25, 0.3) is 0 Å². The van der Waals surface area contributed by atoms with Crippen molar-refractivity contribution in [1.29, 1.82) is 5.26 Å². The number of hydrogen-bond donors (Lipinski definition) is 0. The Balaban J connectivity index is 1.51. The van der Waals surface area contributed by atoms with Crippen LogP contribution in [0.3, 0.4) is 0 Å². The molecule has 0 aromatic heterocycles. The topological polar surface area (TPSA) is 121 Å². The summed E-state index contributed by atoms with van der Waals surface area (Å²) >= 11 is 0. The van der Waals surface area contributed by atoms with E-state index in [0.29, 0.717) is 12.1 Å². The summed E-state index contributed by atoms with van der Waals surface area (Å²) in [7, 11) is -11.0. The van der Waals surface area contributed by atoms with E-state index in [2.05, 4.69) is 4.99 Å². The summed E-state index contributed by atoms with van der Waals surface area (Å²) in [5, 5.41) is 8.22. The first-order valence-corrected chi connectivity index (χ1v) is 16.9. The van der Waals surface area contributed by atoms with E-state index in [9.17, 15) is 70.8 Å². The van der Waals surface area contributed by atoms with Gasteiger partial charge in [-0.25, -0.2) is 60.7 Å². The van der Waals surface area contributed by atoms with Crippen molar-refractivity contribution in [2.24, 2.45) is 4.99 Å². The first-order valence-electron chi connectivity index (χ1n) is 13.9. The molecule has 0 amide bonds. The summed E-state index contributed by atoms with van der Waals surface area (Å²) in [4.78, 5) is 11.2. The molecule has 0 aliphatic rings. The molecule has 0 heterocycles. The summed E-state index contributed by atoms with van der Waals surface area (Å²) in [5.41, 5.74) is -0.996. The van der Waals surface area contributed by atoms with Gasteiger partial charge >= 0.3 is 0 Å². The molecule has 0 aliphatic heterocycles. The van der Waals surface area contributed by atoms with Gasteiger partial charge in [0, 0.05) is 21.5 Å². The fourth-order valence-corrected chi connectivity index (χ4v) is 8.89. The second-order valence-electron chi connectivity index (χ2n) is 11.0. The normalized spacial score (nSPS) is 12.9. The van der Waals surface area contributed by atoms with Gasteiger partial charge < -0.3 is 0 Å². The van der Waals surface area contributed by atoms with Crippen molar-refractivity contribution in [3.05, 3.63) is 122 Å². The van der Waals surface area contributed by atoms with Crippen LogP contribution in [0, 0.1) is 69.6 Å². The number of hydrogen-bond acceptors (Lipinski definition) is 7. The third-order valence-electron chi connectivity index (χ3n) is 8.39. The van der Waals surface area contributed by atoms with Crippen LogP contribution in [-0.4, -0.2) is 16.8 Å². The molecule has 0 saturated carbocycles. The van der Waals surface area contributed by atoms with E-state index in [4.69, 9.17) is 0 Å². The number of sulfone groups is 2. The number of benzene rings is 5. The third-order valence-corrected chi connectivity index (χ3v) is 11.9. The maximum Gasteiger partial charge on any atom is 0.212 e. The molecule has 0 radical (unpaired) electrons. The number of fused-ring (bicyclic) bond motifs is 7. The molecule has 7 aromatic rings. The molecule has 7 rings (SSSR count). The monoisotopic (exact) mass is 766 g/mol. The molecular formula is C33H8F10N2O5S2. The van der Waals surface area contributed by atoms with Crippen molar-refractivity contribution in [2.45, 2.75) is 19.6 Å². The molecule has 7 aromatic carbocycles. The fraction of sp³-hybridized carbons (Fsp3) is 0. The second-order valence-corrected chi connectivity index (χ2v) is 14.8. The van der Waals surface area contributed by atoms with Gasteiger partial charge in [-0.3, -0.25) is 4.79 Å². The fourth-order valence-electron chi connectivity index (χ4n) is 6.08. The van der Waals surface area contributed by atoms with Crippen LogP contribution in [0.1, 0.15) is 0 Å². The van der Waals surface area contributed by atoms with Gasteiger partial charge in [-0.05, 0) is 45.8 Å². The Morgan fingerprint density at radius 3 is 1.23 bits per heavy atom. The lowest BCUT2D eigenvalue weighted by Crippen LogP contribution is -2.13. The molecule has 52 heavy (non-hydrogen) atoms. The van der Waals surface area contributed by atoms with Crippen molar-refractivity contribution in [3.63, 3.8) is 0 Å². The highest BCUT2D eigenvalue weighted by molar-refractivity contribution is 7.91. The third kappa shape index (κ3) is 4.43. The molecule has 0 spiro atoms. The highest BCUT2D eigenvalue weighted by Gasteiger charge is 2.36. The van der Waals surface area contributed by atoms with Crippen LogP contribution in [0.15, 0.2) is 77.9 Å². The number of nitrogens with zero attached hydrogens (tertiary/aromatic N) is 2. The maximum atomic E-state index is 14.6. The Hall–Kier alpha value is -5.87. The molecule has 0 saturated heterocycles. The van der Waals surface area contributed by atoms with Gasteiger partial charge in [0.15, 0.2) is 52.0 Å². The van der Waals surface area contributed by atoms with Crippen LogP contribution in [0.4, 0.5) is 43.9 Å². The van der Waals surface area contributed by atoms with E-state index in [1.54, 1.807) is 0 Å². The molecule has 0 N–H and O–H groups in total. The van der Waals surface area contributed by atoms with Crippen molar-refractivity contribution in [1.82, 2.24) is 0 Å². The Labute approximate surface area is 281 Å². The van der Waals surface area contributed by atoms with E-state index in [1.165, 1.54) is 18.3 Å². The lowest BCUT2D eigenvalue weighted by molar-refractivity contribution is 0.357. The molecule has 0 aliphatic carbocycles. The first-order chi connectivity index (χ1) is 24.4. The average Bonchev–Trinajstić information content (AvgIpc) is 3.58. The van der Waals surface area contributed by atoms with Crippen molar-refractivity contribution in [2.75, 3.05) is 0 Å². The summed E-state index contributed by atoms with van der Waals surface area (Å²) in [6, 6.07) is 7.58. The van der Waals surface area contributed by atoms with Crippen LogP contribution < -0.4 is 10.8 Å². The lowest BCUT2D eigenvalue weighted by Gasteiger charge is -2.09. The first kappa shape index (κ1) is 34.6. The Bertz CT molecular complexity index is 3150. The second kappa shape index (κ2) is 11.3. The summed E-state index contributed by atoms with van der Waals surface area (Å²) in [6.07, 6.45) is 1.45. The van der Waals surface area contributed by atoms with Crippen LogP contribution in [-0.2, 0) is 19.7 Å². The molecule has 19 heteroatoms. The van der Waals surface area contributed by atoms with Gasteiger partial charge in [-0.1, -0.05) is 24.3 Å². The van der Waals surface area contributed by atoms with Gasteiger partial charge in [0.05, 0.1) is 15.1 Å². The van der Waals surface area contributed by atoms with Crippen molar-refractivity contribution >= 4 is 62.8 Å². The number of nitriles is 1. The number of halogens is 10. The molecular weight excluding hydrogens is 758 g/mol. The highest BCUT2D eigenvalue weighted by atomic mass is 32.2. The smallest absolute Gasteiger partial charge is 0.212 e. The minimum absolute atomic E-state index is 0.000931. The average molecular weight is 767 g/mol. The van der Waals surface area contributed by atoms with E-state index in [-0.39, 0.29) is 37.7 Å². The van der Waals surface area contributed by atoms with E-state index in [0.717, 1.165) is 24.3 Å².